The van der Waals surface area contributed by atoms with Gasteiger partial charge in [0.1, 0.15) is 18.0 Å². The highest BCUT2D eigenvalue weighted by atomic mass is 16.5. The summed E-state index contributed by atoms with van der Waals surface area (Å²) in [6, 6.07) is 7.84. The number of rotatable bonds is 5. The summed E-state index contributed by atoms with van der Waals surface area (Å²) >= 11 is 0. The van der Waals surface area contributed by atoms with Crippen molar-refractivity contribution in [3.63, 3.8) is 0 Å². The van der Waals surface area contributed by atoms with E-state index in [2.05, 4.69) is 4.98 Å². The second-order valence-electron chi connectivity index (χ2n) is 6.57. The lowest BCUT2D eigenvalue weighted by molar-refractivity contribution is -0.0993. The average molecular weight is 288 g/mol. The van der Waals surface area contributed by atoms with Crippen molar-refractivity contribution in [3.8, 4) is 5.75 Å². The number of benzene rings is 1. The first-order valence-electron chi connectivity index (χ1n) is 7.18. The van der Waals surface area contributed by atoms with Crippen LogP contribution in [0.2, 0.25) is 0 Å². The summed E-state index contributed by atoms with van der Waals surface area (Å²) < 4.78 is 7.77. The van der Waals surface area contributed by atoms with Crippen LogP contribution >= 0.6 is 0 Å². The monoisotopic (exact) mass is 288 g/mol. The third kappa shape index (κ3) is 3.64. The van der Waals surface area contributed by atoms with E-state index in [4.69, 9.17) is 4.74 Å². The highest BCUT2D eigenvalue weighted by molar-refractivity contribution is 5.31. The Labute approximate surface area is 126 Å². The number of aliphatic hydroxyl groups is 1. The number of aromatic nitrogens is 2. The van der Waals surface area contributed by atoms with E-state index >= 15 is 0 Å². The summed E-state index contributed by atoms with van der Waals surface area (Å²) in [6.07, 6.45) is 5.28. The summed E-state index contributed by atoms with van der Waals surface area (Å²) in [5.41, 5.74) is -0.243. The van der Waals surface area contributed by atoms with Crippen molar-refractivity contribution in [2.45, 2.75) is 39.8 Å². The largest absolute Gasteiger partial charge is 0.490 e. The van der Waals surface area contributed by atoms with Crippen LogP contribution in [0.3, 0.4) is 0 Å². The molecule has 1 unspecified atom stereocenters. The van der Waals surface area contributed by atoms with Crippen LogP contribution in [0.4, 0.5) is 0 Å². The molecule has 1 aromatic carbocycles. The summed E-state index contributed by atoms with van der Waals surface area (Å²) in [7, 11) is 0. The molecule has 1 aromatic heterocycles. The SMILES string of the molecule is Cc1ccccc1OCC(O)(Cn1ccnc1)C(C)(C)C. The van der Waals surface area contributed by atoms with E-state index in [1.807, 2.05) is 62.7 Å². The van der Waals surface area contributed by atoms with Gasteiger partial charge in [-0.2, -0.15) is 0 Å². The molecule has 0 spiro atoms. The van der Waals surface area contributed by atoms with Crippen molar-refractivity contribution in [3.05, 3.63) is 48.5 Å². The molecule has 0 saturated carbocycles. The number of hydrogen-bond acceptors (Lipinski definition) is 3. The highest BCUT2D eigenvalue weighted by Crippen LogP contribution is 2.33. The average Bonchev–Trinajstić information content (AvgIpc) is 2.89. The zero-order valence-corrected chi connectivity index (χ0v) is 13.2. The number of nitrogens with zero attached hydrogens (tertiary/aromatic N) is 2. The molecule has 2 rings (SSSR count). The van der Waals surface area contributed by atoms with Crippen LogP contribution in [0.25, 0.3) is 0 Å². The number of aryl methyl sites for hydroxylation is 1. The molecule has 1 N–H and O–H groups in total. The maximum Gasteiger partial charge on any atom is 0.122 e. The van der Waals surface area contributed by atoms with Crippen LogP contribution in [0.15, 0.2) is 43.0 Å². The van der Waals surface area contributed by atoms with Gasteiger partial charge < -0.3 is 14.4 Å². The van der Waals surface area contributed by atoms with Crippen LogP contribution in [-0.4, -0.2) is 26.9 Å². The number of ether oxygens (including phenoxy) is 1. The zero-order valence-electron chi connectivity index (χ0n) is 13.2. The minimum absolute atomic E-state index is 0.236. The first kappa shape index (κ1) is 15.6. The summed E-state index contributed by atoms with van der Waals surface area (Å²) in [5.74, 6) is 0.811. The van der Waals surface area contributed by atoms with Gasteiger partial charge in [-0.05, 0) is 24.0 Å². The minimum atomic E-state index is -0.990. The topological polar surface area (TPSA) is 47.3 Å². The van der Waals surface area contributed by atoms with Crippen LogP contribution in [-0.2, 0) is 6.54 Å². The Hall–Kier alpha value is -1.81. The third-order valence-corrected chi connectivity index (χ3v) is 3.96. The molecule has 4 heteroatoms. The predicted molar refractivity (Wildman–Crippen MR) is 83.3 cm³/mol. The Morgan fingerprint density at radius 2 is 1.95 bits per heavy atom. The second kappa shape index (κ2) is 5.90. The van der Waals surface area contributed by atoms with E-state index in [9.17, 15) is 5.11 Å². The fourth-order valence-corrected chi connectivity index (χ4v) is 2.10. The first-order valence-corrected chi connectivity index (χ1v) is 7.18. The third-order valence-electron chi connectivity index (χ3n) is 3.96. The van der Waals surface area contributed by atoms with E-state index in [0.717, 1.165) is 11.3 Å². The Morgan fingerprint density at radius 3 is 2.52 bits per heavy atom. The predicted octanol–water partition coefficient (Wildman–Crippen LogP) is 3.05. The van der Waals surface area contributed by atoms with Gasteiger partial charge in [-0.3, -0.25) is 0 Å². The first-order chi connectivity index (χ1) is 9.82. The van der Waals surface area contributed by atoms with Crippen LogP contribution in [0.5, 0.6) is 5.75 Å². The smallest absolute Gasteiger partial charge is 0.122 e. The molecule has 0 aliphatic heterocycles. The number of hydrogen-bond donors (Lipinski definition) is 1. The zero-order chi connectivity index (χ0) is 15.5. The summed E-state index contributed by atoms with van der Waals surface area (Å²) in [4.78, 5) is 4.03. The Bertz CT molecular complexity index is 573. The Kier molecular flexibility index (Phi) is 4.37. The van der Waals surface area contributed by atoms with Gasteiger partial charge in [-0.25, -0.2) is 4.98 Å². The molecule has 0 aliphatic carbocycles. The molecule has 0 fully saturated rings. The standard InChI is InChI=1S/C17H24N2O2/c1-14-7-5-6-8-15(14)21-12-17(20,16(2,3)4)11-19-10-9-18-13-19/h5-10,13,20H,11-12H2,1-4H3. The van der Waals surface area contributed by atoms with Gasteiger partial charge in [0.05, 0.1) is 12.9 Å². The van der Waals surface area contributed by atoms with Crippen LogP contribution in [0.1, 0.15) is 26.3 Å². The lowest BCUT2D eigenvalue weighted by Crippen LogP contribution is -2.51. The normalized spacial score (nSPS) is 14.7. The van der Waals surface area contributed by atoms with E-state index in [1.165, 1.54) is 0 Å². The molecule has 0 aliphatic rings. The van der Waals surface area contributed by atoms with Gasteiger partial charge in [0, 0.05) is 12.4 Å². The van der Waals surface area contributed by atoms with Crippen molar-refractivity contribution in [2.24, 2.45) is 5.41 Å². The van der Waals surface area contributed by atoms with Gasteiger partial charge >= 0.3 is 0 Å². The maximum absolute atomic E-state index is 11.1. The maximum atomic E-state index is 11.1. The van der Waals surface area contributed by atoms with Crippen molar-refractivity contribution in [1.82, 2.24) is 9.55 Å². The molecule has 1 heterocycles. The molecule has 0 amide bonds. The van der Waals surface area contributed by atoms with Crippen molar-refractivity contribution in [2.75, 3.05) is 6.61 Å². The van der Waals surface area contributed by atoms with Gasteiger partial charge in [-0.1, -0.05) is 39.0 Å². The number of para-hydroxylation sites is 1. The molecular weight excluding hydrogens is 264 g/mol. The molecule has 114 valence electrons. The van der Waals surface area contributed by atoms with E-state index < -0.39 is 5.60 Å². The van der Waals surface area contributed by atoms with Crippen molar-refractivity contribution in [1.29, 1.82) is 0 Å². The van der Waals surface area contributed by atoms with E-state index in [-0.39, 0.29) is 12.0 Å². The molecule has 21 heavy (non-hydrogen) atoms. The highest BCUT2D eigenvalue weighted by Gasteiger charge is 2.41. The van der Waals surface area contributed by atoms with Gasteiger partial charge in [0.15, 0.2) is 0 Å². The molecule has 1 atom stereocenters. The summed E-state index contributed by atoms with van der Waals surface area (Å²) in [5, 5.41) is 11.1. The fourth-order valence-electron chi connectivity index (χ4n) is 2.10. The summed E-state index contributed by atoms with van der Waals surface area (Å²) in [6.45, 7) is 8.74. The molecule has 4 nitrogen and oxygen atoms in total. The quantitative estimate of drug-likeness (QED) is 0.920. The molecule has 0 saturated heterocycles. The second-order valence-corrected chi connectivity index (χ2v) is 6.57. The Morgan fingerprint density at radius 1 is 1.24 bits per heavy atom. The lowest BCUT2D eigenvalue weighted by atomic mass is 9.76. The minimum Gasteiger partial charge on any atom is -0.490 e. The van der Waals surface area contributed by atoms with Crippen LogP contribution in [0, 0.1) is 12.3 Å². The van der Waals surface area contributed by atoms with E-state index in [1.54, 1.807) is 12.5 Å². The van der Waals surface area contributed by atoms with Crippen molar-refractivity contribution < 1.29 is 9.84 Å². The lowest BCUT2D eigenvalue weighted by Gasteiger charge is -2.40. The van der Waals surface area contributed by atoms with Gasteiger partial charge in [0.2, 0.25) is 0 Å². The molecule has 2 aromatic rings. The van der Waals surface area contributed by atoms with Crippen molar-refractivity contribution >= 4 is 0 Å². The Balaban J connectivity index is 2.15. The molecule has 0 radical (unpaired) electrons. The molecule has 0 bridgehead atoms. The van der Waals surface area contributed by atoms with Crippen LogP contribution < -0.4 is 4.74 Å². The van der Waals surface area contributed by atoms with Gasteiger partial charge in [0.25, 0.3) is 0 Å². The fraction of sp³-hybridized carbons (Fsp3) is 0.471. The number of imidazole rings is 1. The van der Waals surface area contributed by atoms with E-state index in [0.29, 0.717) is 6.54 Å². The van der Waals surface area contributed by atoms with Gasteiger partial charge in [-0.15, -0.1) is 0 Å². The molecular formula is C17H24N2O2.